The summed E-state index contributed by atoms with van der Waals surface area (Å²) in [6.45, 7) is 1.88. The van der Waals surface area contributed by atoms with Crippen LogP contribution in [0.3, 0.4) is 0 Å². The van der Waals surface area contributed by atoms with E-state index in [9.17, 15) is 9.59 Å². The molecule has 0 atom stereocenters. The summed E-state index contributed by atoms with van der Waals surface area (Å²) >= 11 is 3.35. The summed E-state index contributed by atoms with van der Waals surface area (Å²) in [5, 5.41) is 2.71. The Morgan fingerprint density at radius 1 is 1.33 bits per heavy atom. The van der Waals surface area contributed by atoms with Crippen LogP contribution in [0.15, 0.2) is 45.9 Å². The van der Waals surface area contributed by atoms with Gasteiger partial charge in [-0.25, -0.2) is 0 Å². The normalized spacial score (nSPS) is 10.1. The molecule has 0 aliphatic carbocycles. The molecule has 0 radical (unpaired) electrons. The van der Waals surface area contributed by atoms with Crippen molar-refractivity contribution in [3.63, 3.8) is 0 Å². The van der Waals surface area contributed by atoms with E-state index in [0.717, 1.165) is 10.0 Å². The van der Waals surface area contributed by atoms with Crippen LogP contribution in [0.25, 0.3) is 0 Å². The smallest absolute Gasteiger partial charge is 0.261 e. The second-order valence-electron chi connectivity index (χ2n) is 3.84. The number of hydrogen-bond acceptors (Lipinski definition) is 2. The van der Waals surface area contributed by atoms with E-state index in [1.54, 1.807) is 6.07 Å². The first-order valence-corrected chi connectivity index (χ1v) is 6.12. The number of rotatable bonds is 2. The zero-order valence-corrected chi connectivity index (χ0v) is 11.2. The molecule has 1 aromatic carbocycles. The molecule has 92 valence electrons. The Labute approximate surface area is 112 Å². The largest absolute Gasteiger partial charge is 0.367 e. The molecular formula is C13H11BrN2O2. The number of hydrogen-bond donors (Lipinski definition) is 2. The molecule has 2 aromatic rings. The van der Waals surface area contributed by atoms with Gasteiger partial charge < -0.3 is 10.3 Å². The van der Waals surface area contributed by atoms with Crippen molar-refractivity contribution in [1.29, 1.82) is 0 Å². The number of anilines is 1. The second kappa shape index (κ2) is 5.18. The fraction of sp³-hybridized carbons (Fsp3) is 0.0769. The monoisotopic (exact) mass is 306 g/mol. The molecule has 1 heterocycles. The van der Waals surface area contributed by atoms with Crippen LogP contribution >= 0.6 is 15.9 Å². The molecule has 18 heavy (non-hydrogen) atoms. The van der Waals surface area contributed by atoms with Gasteiger partial charge >= 0.3 is 0 Å². The Morgan fingerprint density at radius 2 is 2.11 bits per heavy atom. The molecule has 0 bridgehead atoms. The molecule has 1 amide bonds. The van der Waals surface area contributed by atoms with Gasteiger partial charge in [-0.2, -0.15) is 0 Å². The standard InChI is InChI=1S/C13H11BrN2O2/c1-8-6-9(14)2-3-11(8)16-13(18)10-7-15-5-4-12(10)17/h2-7H,1H3,(H,15,17)(H,16,18). The zero-order valence-electron chi connectivity index (χ0n) is 9.66. The van der Waals surface area contributed by atoms with E-state index in [1.165, 1.54) is 18.5 Å². The van der Waals surface area contributed by atoms with Crippen LogP contribution < -0.4 is 10.7 Å². The van der Waals surface area contributed by atoms with Gasteiger partial charge in [0.05, 0.1) is 0 Å². The summed E-state index contributed by atoms with van der Waals surface area (Å²) in [4.78, 5) is 26.2. The highest BCUT2D eigenvalue weighted by Crippen LogP contribution is 2.20. The van der Waals surface area contributed by atoms with E-state index in [1.807, 2.05) is 19.1 Å². The summed E-state index contributed by atoms with van der Waals surface area (Å²) < 4.78 is 0.940. The van der Waals surface area contributed by atoms with Crippen molar-refractivity contribution in [3.8, 4) is 0 Å². The molecule has 0 spiro atoms. The van der Waals surface area contributed by atoms with E-state index in [-0.39, 0.29) is 11.0 Å². The van der Waals surface area contributed by atoms with Crippen molar-refractivity contribution in [2.24, 2.45) is 0 Å². The Kier molecular flexibility index (Phi) is 3.62. The van der Waals surface area contributed by atoms with Gasteiger partial charge in [0.1, 0.15) is 5.56 Å². The average molecular weight is 307 g/mol. The summed E-state index contributed by atoms with van der Waals surface area (Å²) in [6.07, 6.45) is 2.88. The maximum atomic E-state index is 11.9. The maximum absolute atomic E-state index is 11.9. The Bertz CT molecular complexity index is 649. The van der Waals surface area contributed by atoms with E-state index < -0.39 is 5.91 Å². The molecule has 0 saturated heterocycles. The van der Waals surface area contributed by atoms with Crippen LogP contribution in [0.2, 0.25) is 0 Å². The quantitative estimate of drug-likeness (QED) is 0.896. The van der Waals surface area contributed by atoms with Gasteiger partial charge in [0.2, 0.25) is 0 Å². The number of carbonyl (C=O) groups excluding carboxylic acids is 1. The highest BCUT2D eigenvalue weighted by Gasteiger charge is 2.10. The van der Waals surface area contributed by atoms with Gasteiger partial charge in [0.15, 0.2) is 5.43 Å². The predicted octanol–water partition coefficient (Wildman–Crippen LogP) is 2.70. The van der Waals surface area contributed by atoms with Crippen molar-refractivity contribution in [1.82, 2.24) is 4.98 Å². The molecule has 2 N–H and O–H groups in total. The second-order valence-corrected chi connectivity index (χ2v) is 4.75. The number of aryl methyl sites for hydroxylation is 1. The van der Waals surface area contributed by atoms with Gasteiger partial charge in [-0.1, -0.05) is 15.9 Å². The van der Waals surface area contributed by atoms with Gasteiger partial charge in [-0.05, 0) is 30.7 Å². The number of benzene rings is 1. The molecule has 0 fully saturated rings. The minimum absolute atomic E-state index is 0.0971. The number of halogens is 1. The van der Waals surface area contributed by atoms with Crippen molar-refractivity contribution in [2.75, 3.05) is 5.32 Å². The fourth-order valence-corrected chi connectivity index (χ4v) is 2.03. The number of aromatic nitrogens is 1. The third kappa shape index (κ3) is 2.68. The van der Waals surface area contributed by atoms with E-state index in [0.29, 0.717) is 5.69 Å². The van der Waals surface area contributed by atoms with Crippen LogP contribution in [0.1, 0.15) is 15.9 Å². The highest BCUT2D eigenvalue weighted by atomic mass is 79.9. The minimum Gasteiger partial charge on any atom is -0.367 e. The lowest BCUT2D eigenvalue weighted by Gasteiger charge is -2.08. The number of nitrogens with one attached hydrogen (secondary N) is 2. The van der Waals surface area contributed by atoms with E-state index >= 15 is 0 Å². The third-order valence-electron chi connectivity index (χ3n) is 2.51. The lowest BCUT2D eigenvalue weighted by Crippen LogP contribution is -2.21. The predicted molar refractivity (Wildman–Crippen MR) is 73.9 cm³/mol. The third-order valence-corrected chi connectivity index (χ3v) is 3.00. The maximum Gasteiger partial charge on any atom is 0.261 e. The molecule has 2 rings (SSSR count). The average Bonchev–Trinajstić information content (AvgIpc) is 2.33. The van der Waals surface area contributed by atoms with Crippen LogP contribution in [0.5, 0.6) is 0 Å². The summed E-state index contributed by atoms with van der Waals surface area (Å²) in [7, 11) is 0. The van der Waals surface area contributed by atoms with Crippen LogP contribution in [0.4, 0.5) is 5.69 Å². The molecule has 4 nitrogen and oxygen atoms in total. The first-order valence-electron chi connectivity index (χ1n) is 5.32. The van der Waals surface area contributed by atoms with Crippen LogP contribution in [-0.4, -0.2) is 10.9 Å². The van der Waals surface area contributed by atoms with Crippen molar-refractivity contribution in [2.45, 2.75) is 6.92 Å². The van der Waals surface area contributed by atoms with Gasteiger partial charge in [0, 0.05) is 28.6 Å². The first-order chi connectivity index (χ1) is 8.58. The summed E-state index contributed by atoms with van der Waals surface area (Å²) in [5.74, 6) is -0.415. The SMILES string of the molecule is Cc1cc(Br)ccc1NC(=O)c1c[nH]ccc1=O. The molecule has 0 saturated carbocycles. The molecule has 5 heteroatoms. The molecule has 1 aromatic heterocycles. The zero-order chi connectivity index (χ0) is 13.1. The fourth-order valence-electron chi connectivity index (χ4n) is 1.55. The summed E-state index contributed by atoms with van der Waals surface area (Å²) in [6, 6.07) is 6.83. The van der Waals surface area contributed by atoms with E-state index in [2.05, 4.69) is 26.2 Å². The van der Waals surface area contributed by atoms with Crippen molar-refractivity contribution >= 4 is 27.5 Å². The summed E-state index contributed by atoms with van der Waals surface area (Å²) in [5.41, 5.74) is 1.40. The molecular weight excluding hydrogens is 296 g/mol. The number of amides is 1. The molecule has 0 aliphatic rings. The molecule has 0 aliphatic heterocycles. The van der Waals surface area contributed by atoms with Crippen molar-refractivity contribution in [3.05, 3.63) is 62.5 Å². The first kappa shape index (κ1) is 12.6. The number of aromatic amines is 1. The topological polar surface area (TPSA) is 62.0 Å². The van der Waals surface area contributed by atoms with Gasteiger partial charge in [-0.15, -0.1) is 0 Å². The van der Waals surface area contributed by atoms with Crippen LogP contribution in [-0.2, 0) is 0 Å². The van der Waals surface area contributed by atoms with Gasteiger partial charge in [-0.3, -0.25) is 9.59 Å². The highest BCUT2D eigenvalue weighted by molar-refractivity contribution is 9.10. The Morgan fingerprint density at radius 3 is 2.78 bits per heavy atom. The number of H-pyrrole nitrogens is 1. The minimum atomic E-state index is -0.415. The van der Waals surface area contributed by atoms with Crippen LogP contribution in [0, 0.1) is 6.92 Å². The number of carbonyl (C=O) groups is 1. The molecule has 0 unspecified atom stereocenters. The number of pyridine rings is 1. The lowest BCUT2D eigenvalue weighted by molar-refractivity contribution is 0.102. The van der Waals surface area contributed by atoms with E-state index in [4.69, 9.17) is 0 Å². The van der Waals surface area contributed by atoms with Gasteiger partial charge in [0.25, 0.3) is 5.91 Å². The van der Waals surface area contributed by atoms with Crippen molar-refractivity contribution < 1.29 is 4.79 Å². The Balaban J connectivity index is 2.27. The Hall–Kier alpha value is -1.88. The lowest BCUT2D eigenvalue weighted by atomic mass is 10.2.